The van der Waals surface area contributed by atoms with E-state index in [1.165, 1.54) is 50.9 Å². The molecule has 0 saturated carbocycles. The number of hydrogen-bond acceptors (Lipinski definition) is 13. The summed E-state index contributed by atoms with van der Waals surface area (Å²) in [6, 6.07) is 7.10. The van der Waals surface area contributed by atoms with Crippen molar-refractivity contribution in [1.82, 2.24) is 0 Å². The second-order valence-electron chi connectivity index (χ2n) is 9.45. The van der Waals surface area contributed by atoms with Gasteiger partial charge in [-0.1, -0.05) is 113 Å². The first kappa shape index (κ1) is 51.4. The molecule has 2 aliphatic rings. The fourth-order valence-electron chi connectivity index (χ4n) is 3.72. The number of carbonyl (C=O) groups is 4. The summed E-state index contributed by atoms with van der Waals surface area (Å²) in [7, 11) is 0. The second kappa shape index (κ2) is 28.7. The minimum absolute atomic E-state index is 0.0400. The van der Waals surface area contributed by atoms with Crippen molar-refractivity contribution in [3.63, 3.8) is 0 Å². The molecule has 1 aliphatic heterocycles. The minimum atomic E-state index is -0.398. The van der Waals surface area contributed by atoms with Gasteiger partial charge in [0.25, 0.3) is 0 Å². The van der Waals surface area contributed by atoms with Crippen molar-refractivity contribution in [3.8, 4) is 0 Å². The Kier molecular flexibility index (Phi) is 27.8. The van der Waals surface area contributed by atoms with E-state index in [4.69, 9.17) is 112 Å². The normalized spacial score (nSPS) is 11.9. The quantitative estimate of drug-likeness (QED) is 0.111. The van der Waals surface area contributed by atoms with Crippen LogP contribution in [0.2, 0.25) is 34.7 Å². The Hall–Kier alpha value is -1.64. The number of ketones is 2. The van der Waals surface area contributed by atoms with Crippen LogP contribution in [0.25, 0.3) is 0 Å². The van der Waals surface area contributed by atoms with Crippen molar-refractivity contribution < 1.29 is 43.1 Å². The standard InChI is InChI=1S/C8H6Cl2OS.C7H6Cl2OS.C7H8Cl2S.C4H2Cl2S.C4H4O3.2CO2/c9-7-4-2-1-3-5(11)6(4)8(10)12-7;1-2-5(10)4-3-6(8)11-7(4)9;1-2-3-5-4-6(8)10-7(5)9;2*5-3-1-2-4(6)7-3;2*2-1-3/h1-3H2;3H,2H2,1H3;4H,2-3H2,1H3;1-2H;1-2H2;;. The SMILES string of the molecule is CCC(=O)c1cc(Cl)sc1Cl.CCCc1cc(Cl)sc1Cl.Clc1ccc(Cl)s1.O=C1CCC(=O)O1.O=C1CCCc2c(Cl)sc(Cl)c21.O=C=O.O=C=O. The molecule has 0 amide bonds. The Bertz CT molecular complexity index is 1830. The van der Waals surface area contributed by atoms with E-state index in [0.29, 0.717) is 41.3 Å². The maximum atomic E-state index is 11.4. The van der Waals surface area contributed by atoms with Crippen LogP contribution in [0.4, 0.5) is 0 Å². The second-order valence-corrected chi connectivity index (χ2v) is 18.6. The zero-order valence-electron chi connectivity index (χ0n) is 27.3. The van der Waals surface area contributed by atoms with Crippen LogP contribution in [0, 0.1) is 0 Å². The van der Waals surface area contributed by atoms with E-state index < -0.39 is 11.9 Å². The highest BCUT2D eigenvalue weighted by molar-refractivity contribution is 7.21. The molecule has 6 rings (SSSR count). The first-order valence-electron chi connectivity index (χ1n) is 14.5. The van der Waals surface area contributed by atoms with E-state index >= 15 is 0 Å². The van der Waals surface area contributed by atoms with Crippen molar-refractivity contribution >= 4 is 174 Å². The van der Waals surface area contributed by atoms with Gasteiger partial charge in [-0.25, -0.2) is 0 Å². The molecular weight excluding hydrogens is 940 g/mol. The summed E-state index contributed by atoms with van der Waals surface area (Å²) in [5.74, 6) is -0.613. The summed E-state index contributed by atoms with van der Waals surface area (Å²) in [6.45, 7) is 3.92. The molecule has 0 atom stereocenters. The lowest BCUT2D eigenvalue weighted by atomic mass is 9.95. The number of rotatable bonds is 4. The number of ether oxygens (including phenoxy) is 1. The van der Waals surface area contributed by atoms with Crippen molar-refractivity contribution in [2.75, 3.05) is 0 Å². The fraction of sp³-hybridized carbons (Fsp3) is 0.312. The van der Waals surface area contributed by atoms with Gasteiger partial charge >= 0.3 is 24.2 Å². The number of halogens is 8. The Morgan fingerprint density at radius 2 is 1.17 bits per heavy atom. The number of thiophene rings is 4. The van der Waals surface area contributed by atoms with E-state index in [0.717, 1.165) is 48.6 Å². The van der Waals surface area contributed by atoms with Gasteiger partial charge in [0.2, 0.25) is 0 Å². The predicted molar refractivity (Wildman–Crippen MR) is 214 cm³/mol. The van der Waals surface area contributed by atoms with Gasteiger partial charge in [-0.2, -0.15) is 19.2 Å². The largest absolute Gasteiger partial charge is 0.393 e. The average molecular weight is 966 g/mol. The summed E-state index contributed by atoms with van der Waals surface area (Å²) in [4.78, 5) is 75.0. The van der Waals surface area contributed by atoms with Gasteiger partial charge < -0.3 is 4.74 Å². The van der Waals surface area contributed by atoms with Gasteiger partial charge in [0.15, 0.2) is 11.6 Å². The molecule has 0 radical (unpaired) electrons. The van der Waals surface area contributed by atoms with Gasteiger partial charge in [0.1, 0.15) is 8.67 Å². The summed E-state index contributed by atoms with van der Waals surface area (Å²) in [5, 5.41) is 0. The highest BCUT2D eigenvalue weighted by Crippen LogP contribution is 2.40. The maximum Gasteiger partial charge on any atom is 0.373 e. The number of esters is 2. The lowest BCUT2D eigenvalue weighted by Crippen LogP contribution is -2.08. The van der Waals surface area contributed by atoms with Crippen molar-refractivity contribution in [3.05, 3.63) is 81.2 Å². The van der Waals surface area contributed by atoms with Gasteiger partial charge in [-0.15, -0.1) is 45.3 Å². The van der Waals surface area contributed by atoms with Crippen LogP contribution < -0.4 is 0 Å². The monoisotopic (exact) mass is 962 g/mol. The molecule has 53 heavy (non-hydrogen) atoms. The van der Waals surface area contributed by atoms with Crippen LogP contribution in [-0.4, -0.2) is 35.8 Å². The van der Waals surface area contributed by atoms with Crippen LogP contribution >= 0.6 is 138 Å². The fourth-order valence-corrected chi connectivity index (χ4v) is 9.78. The predicted octanol–water partition coefficient (Wildman–Crippen LogP) is 13.0. The number of hydrogen-bond donors (Lipinski definition) is 0. The topological polar surface area (TPSA) is 146 Å². The Morgan fingerprint density at radius 1 is 0.660 bits per heavy atom. The highest BCUT2D eigenvalue weighted by Gasteiger charge is 2.25. The third-order valence-corrected chi connectivity index (χ3v) is 12.0. The van der Waals surface area contributed by atoms with Crippen molar-refractivity contribution in [2.24, 2.45) is 0 Å². The number of fused-ring (bicyclic) bond motifs is 1. The van der Waals surface area contributed by atoms with Gasteiger partial charge in [-0.05, 0) is 54.7 Å². The van der Waals surface area contributed by atoms with Crippen LogP contribution in [-0.2, 0) is 46.3 Å². The van der Waals surface area contributed by atoms with E-state index in [1.54, 1.807) is 25.1 Å². The molecule has 0 N–H and O–H groups in total. The lowest BCUT2D eigenvalue weighted by molar-refractivity contribution is -0.193. The number of Topliss-reactive ketones (excluding diaryl/α,β-unsaturated/α-hetero) is 2. The smallest absolute Gasteiger partial charge is 0.373 e. The molecule has 0 aromatic carbocycles. The third-order valence-electron chi connectivity index (χ3n) is 5.85. The number of aryl methyl sites for hydroxylation is 1. The molecule has 0 bridgehead atoms. The Balaban J connectivity index is 0.000000622. The number of cyclic esters (lactones) is 2. The molecule has 1 aliphatic carbocycles. The van der Waals surface area contributed by atoms with Crippen molar-refractivity contribution in [2.45, 2.75) is 65.2 Å². The lowest BCUT2D eigenvalue weighted by Gasteiger charge is -2.09. The summed E-state index contributed by atoms with van der Waals surface area (Å²) in [6.07, 6.45) is 6.04. The van der Waals surface area contributed by atoms with Gasteiger partial charge in [0, 0.05) is 18.4 Å². The van der Waals surface area contributed by atoms with E-state index in [9.17, 15) is 19.2 Å². The summed E-state index contributed by atoms with van der Waals surface area (Å²) in [5.41, 5.74) is 3.36. The summed E-state index contributed by atoms with van der Waals surface area (Å²) >= 11 is 51.1. The van der Waals surface area contributed by atoms with Crippen LogP contribution in [0.1, 0.15) is 84.2 Å². The van der Waals surface area contributed by atoms with E-state index in [1.807, 2.05) is 6.07 Å². The Labute approximate surface area is 360 Å². The molecule has 1 saturated heterocycles. The molecule has 4 aromatic rings. The molecule has 9 nitrogen and oxygen atoms in total. The molecule has 1 fully saturated rings. The molecule has 0 spiro atoms. The van der Waals surface area contributed by atoms with Crippen LogP contribution in [0.5, 0.6) is 0 Å². The van der Waals surface area contributed by atoms with E-state index in [-0.39, 0.29) is 36.7 Å². The number of carbonyl (C=O) groups excluding carboxylic acids is 8. The third kappa shape index (κ3) is 20.7. The highest BCUT2D eigenvalue weighted by atomic mass is 35.5. The molecule has 4 aromatic heterocycles. The zero-order chi connectivity index (χ0) is 40.7. The molecular formula is C32H26Cl8O9S4. The molecule has 21 heteroatoms. The minimum Gasteiger partial charge on any atom is -0.393 e. The Morgan fingerprint density at radius 3 is 1.51 bits per heavy atom. The van der Waals surface area contributed by atoms with Gasteiger partial charge in [-0.3, -0.25) is 19.2 Å². The zero-order valence-corrected chi connectivity index (χ0v) is 36.6. The van der Waals surface area contributed by atoms with Crippen LogP contribution in [0.15, 0.2) is 24.3 Å². The first-order chi connectivity index (χ1) is 25.0. The van der Waals surface area contributed by atoms with Crippen LogP contribution in [0.3, 0.4) is 0 Å². The maximum absolute atomic E-state index is 11.4. The molecule has 5 heterocycles. The first-order valence-corrected chi connectivity index (χ1v) is 20.8. The average Bonchev–Trinajstić information content (AvgIpc) is 3.90. The van der Waals surface area contributed by atoms with Crippen molar-refractivity contribution in [1.29, 1.82) is 0 Å². The van der Waals surface area contributed by atoms with E-state index in [2.05, 4.69) is 11.7 Å². The van der Waals surface area contributed by atoms with Gasteiger partial charge in [0.05, 0.1) is 44.4 Å². The summed E-state index contributed by atoms with van der Waals surface area (Å²) < 4.78 is 9.48. The molecule has 0 unspecified atom stereocenters. The molecule has 288 valence electrons.